The number of ketones is 1. The van der Waals surface area contributed by atoms with E-state index in [0.29, 0.717) is 43.5 Å². The fourth-order valence-electron chi connectivity index (χ4n) is 5.70. The lowest BCUT2D eigenvalue weighted by atomic mass is 9.76. The van der Waals surface area contributed by atoms with Crippen LogP contribution in [0.1, 0.15) is 76.8 Å². The lowest BCUT2D eigenvalue weighted by Gasteiger charge is -2.29. The minimum Gasteiger partial charge on any atom is -0.511 e. The summed E-state index contributed by atoms with van der Waals surface area (Å²) in [6, 6.07) is 16.0. The Hall–Kier alpha value is -3.94. The summed E-state index contributed by atoms with van der Waals surface area (Å²) in [6.45, 7) is 7.54. The highest BCUT2D eigenvalue weighted by Gasteiger charge is 2.36. The zero-order chi connectivity index (χ0) is 29.1. The molecule has 0 spiro atoms. The van der Waals surface area contributed by atoms with E-state index in [1.165, 1.54) is 6.92 Å². The van der Waals surface area contributed by atoms with Crippen LogP contribution in [0.2, 0.25) is 0 Å². The number of carbonyl (C=O) groups excluding carboxylic acids is 2. The van der Waals surface area contributed by atoms with Gasteiger partial charge in [-0.05, 0) is 60.8 Å². The van der Waals surface area contributed by atoms with Gasteiger partial charge in [-0.3, -0.25) is 9.79 Å². The predicted octanol–water partition coefficient (Wildman–Crippen LogP) is 6.20. The molecule has 0 saturated heterocycles. The van der Waals surface area contributed by atoms with E-state index in [9.17, 15) is 24.6 Å². The number of allylic oxidation sites excluding steroid dienone is 2. The number of alkyl carbamates (subject to hydrolysis) is 1. The molecule has 0 heterocycles. The lowest BCUT2D eigenvalue weighted by Crippen LogP contribution is -2.52. The van der Waals surface area contributed by atoms with Crippen LogP contribution in [0.3, 0.4) is 0 Å². The van der Waals surface area contributed by atoms with Crippen molar-refractivity contribution in [2.75, 3.05) is 13.2 Å². The van der Waals surface area contributed by atoms with E-state index in [-0.39, 0.29) is 35.9 Å². The van der Waals surface area contributed by atoms with Crippen LogP contribution in [0.4, 0.5) is 4.79 Å². The average Bonchev–Trinajstić information content (AvgIpc) is 3.19. The van der Waals surface area contributed by atoms with Crippen molar-refractivity contribution in [1.82, 2.24) is 5.32 Å². The Morgan fingerprint density at radius 3 is 2.23 bits per heavy atom. The van der Waals surface area contributed by atoms with E-state index in [1.54, 1.807) is 6.92 Å². The maximum atomic E-state index is 12.7. The van der Waals surface area contributed by atoms with Gasteiger partial charge in [-0.1, -0.05) is 62.4 Å². The van der Waals surface area contributed by atoms with Crippen molar-refractivity contribution in [3.05, 3.63) is 71.0 Å². The van der Waals surface area contributed by atoms with Gasteiger partial charge in [0.05, 0.1) is 5.57 Å². The molecule has 0 fully saturated rings. The molecule has 1 atom stereocenters. The molecule has 0 bridgehead atoms. The molecule has 2 aliphatic rings. The molecule has 0 aromatic heterocycles. The number of carboxylic acids is 1. The van der Waals surface area contributed by atoms with Gasteiger partial charge in [0.25, 0.3) is 0 Å². The Morgan fingerprint density at radius 2 is 1.65 bits per heavy atom. The third kappa shape index (κ3) is 6.27. The summed E-state index contributed by atoms with van der Waals surface area (Å²) in [4.78, 5) is 41.8. The van der Waals surface area contributed by atoms with Crippen molar-refractivity contribution < 1.29 is 29.3 Å². The molecule has 40 heavy (non-hydrogen) atoms. The third-order valence-electron chi connectivity index (χ3n) is 7.84. The lowest BCUT2D eigenvalue weighted by molar-refractivity contribution is -0.144. The van der Waals surface area contributed by atoms with Gasteiger partial charge >= 0.3 is 12.1 Å². The number of carbonyl (C=O) groups is 3. The van der Waals surface area contributed by atoms with Crippen LogP contribution >= 0.6 is 0 Å². The first-order chi connectivity index (χ1) is 18.9. The quantitative estimate of drug-likeness (QED) is 0.241. The second-order valence-electron chi connectivity index (χ2n) is 11.8. The highest BCUT2D eigenvalue weighted by Crippen LogP contribution is 2.44. The van der Waals surface area contributed by atoms with Gasteiger partial charge in [-0.2, -0.15) is 0 Å². The van der Waals surface area contributed by atoms with Crippen molar-refractivity contribution in [1.29, 1.82) is 0 Å². The number of ether oxygens (including phenoxy) is 1. The maximum absolute atomic E-state index is 12.7. The zero-order valence-electron chi connectivity index (χ0n) is 23.6. The molecule has 1 amide bonds. The summed E-state index contributed by atoms with van der Waals surface area (Å²) in [5.41, 5.74) is 3.40. The minimum atomic E-state index is -1.51. The van der Waals surface area contributed by atoms with Gasteiger partial charge in [0, 0.05) is 31.0 Å². The predicted molar refractivity (Wildman–Crippen MR) is 154 cm³/mol. The van der Waals surface area contributed by atoms with E-state index < -0.39 is 17.6 Å². The zero-order valence-corrected chi connectivity index (χ0v) is 23.6. The van der Waals surface area contributed by atoms with Crippen LogP contribution in [0.25, 0.3) is 11.1 Å². The summed E-state index contributed by atoms with van der Waals surface area (Å²) in [6.07, 6.45) is 1.23. The van der Waals surface area contributed by atoms with Gasteiger partial charge in [0.2, 0.25) is 0 Å². The topological polar surface area (TPSA) is 125 Å². The molecule has 0 aliphatic heterocycles. The minimum absolute atomic E-state index is 0.0771. The van der Waals surface area contributed by atoms with Crippen LogP contribution in [-0.4, -0.2) is 52.5 Å². The number of Topliss-reactive ketones (excluding diaryl/α,β-unsaturated/α-hetero) is 1. The van der Waals surface area contributed by atoms with E-state index in [0.717, 1.165) is 22.3 Å². The SMILES string of the molecule is CC(=NCCCC[C@](C)(NC(=O)OCC1c2ccccc2-c2ccccc21)C(=O)O)C1=C(O)CC(C)(C)CC1=O. The summed E-state index contributed by atoms with van der Waals surface area (Å²) in [7, 11) is 0. The second kappa shape index (κ2) is 11.7. The maximum Gasteiger partial charge on any atom is 0.408 e. The van der Waals surface area contributed by atoms with Crippen molar-refractivity contribution >= 4 is 23.6 Å². The molecule has 0 unspecified atom stereocenters. The fourth-order valence-corrected chi connectivity index (χ4v) is 5.70. The molecule has 2 aromatic carbocycles. The van der Waals surface area contributed by atoms with E-state index in [4.69, 9.17) is 4.74 Å². The number of hydrogen-bond donors (Lipinski definition) is 3. The van der Waals surface area contributed by atoms with Crippen molar-refractivity contribution in [2.45, 2.75) is 71.3 Å². The normalized spacial score (nSPS) is 18.1. The number of aliphatic hydroxyl groups excluding tert-OH is 1. The monoisotopic (exact) mass is 546 g/mol. The van der Waals surface area contributed by atoms with Gasteiger partial charge in [-0.15, -0.1) is 0 Å². The Balaban J connectivity index is 1.30. The van der Waals surface area contributed by atoms with Crippen LogP contribution < -0.4 is 5.32 Å². The summed E-state index contributed by atoms with van der Waals surface area (Å²) >= 11 is 0. The first-order valence-corrected chi connectivity index (χ1v) is 13.8. The number of hydrogen-bond acceptors (Lipinski definition) is 6. The number of rotatable bonds is 10. The van der Waals surface area contributed by atoms with Crippen LogP contribution in [0.15, 0.2) is 64.9 Å². The van der Waals surface area contributed by atoms with Crippen molar-refractivity contribution in [3.63, 3.8) is 0 Å². The average molecular weight is 547 g/mol. The highest BCUT2D eigenvalue weighted by molar-refractivity contribution is 6.22. The van der Waals surface area contributed by atoms with Gasteiger partial charge in [0.15, 0.2) is 5.78 Å². The standard InChI is InChI=1S/C32H38N2O6/c1-20(28-26(35)17-31(2,3)18-27(28)36)33-16-10-9-15-32(4,29(37)38)34-30(39)40-19-25-23-13-7-5-11-21(23)22-12-6-8-14-24(22)25/h5-8,11-14,25,35H,9-10,15-19H2,1-4H3,(H,34,39)(H,37,38)/t32-/m0/s1. The number of aliphatic hydroxyl groups is 1. The van der Waals surface area contributed by atoms with Crippen LogP contribution in [0.5, 0.6) is 0 Å². The van der Waals surface area contributed by atoms with E-state index in [1.807, 2.05) is 50.2 Å². The Labute approximate surface area is 235 Å². The summed E-state index contributed by atoms with van der Waals surface area (Å²) in [5, 5.41) is 22.8. The van der Waals surface area contributed by atoms with Crippen LogP contribution in [-0.2, 0) is 14.3 Å². The van der Waals surface area contributed by atoms with Crippen LogP contribution in [0, 0.1) is 5.41 Å². The number of carboxylic acid groups (broad SMARTS) is 1. The number of nitrogens with zero attached hydrogens (tertiary/aromatic N) is 1. The summed E-state index contributed by atoms with van der Waals surface area (Å²) < 4.78 is 5.55. The molecular formula is C32H38N2O6. The molecule has 8 heteroatoms. The molecule has 4 rings (SSSR count). The van der Waals surface area contributed by atoms with E-state index >= 15 is 0 Å². The number of fused-ring (bicyclic) bond motifs is 3. The van der Waals surface area contributed by atoms with Gasteiger partial charge in [-0.25, -0.2) is 9.59 Å². The molecular weight excluding hydrogens is 508 g/mol. The first kappa shape index (κ1) is 29.1. The highest BCUT2D eigenvalue weighted by atomic mass is 16.5. The third-order valence-corrected chi connectivity index (χ3v) is 7.84. The number of benzene rings is 2. The van der Waals surface area contributed by atoms with E-state index in [2.05, 4.69) is 22.4 Å². The Morgan fingerprint density at radius 1 is 1.05 bits per heavy atom. The molecule has 3 N–H and O–H groups in total. The molecule has 0 saturated carbocycles. The molecule has 212 valence electrons. The Kier molecular flexibility index (Phi) is 8.47. The van der Waals surface area contributed by atoms with Crippen molar-refractivity contribution in [2.24, 2.45) is 10.4 Å². The number of unbranched alkanes of at least 4 members (excludes halogenated alkanes) is 1. The summed E-state index contributed by atoms with van der Waals surface area (Å²) in [5.74, 6) is -1.30. The van der Waals surface area contributed by atoms with Gasteiger partial charge in [0.1, 0.15) is 17.9 Å². The fraction of sp³-hybridized carbons (Fsp3) is 0.438. The number of nitrogens with one attached hydrogen (secondary N) is 1. The Bertz CT molecular complexity index is 1330. The molecule has 8 nitrogen and oxygen atoms in total. The smallest absolute Gasteiger partial charge is 0.408 e. The number of amides is 1. The molecule has 0 radical (unpaired) electrons. The van der Waals surface area contributed by atoms with Crippen molar-refractivity contribution in [3.8, 4) is 11.1 Å². The first-order valence-electron chi connectivity index (χ1n) is 13.8. The second-order valence-corrected chi connectivity index (χ2v) is 11.8. The number of aliphatic carboxylic acids is 1. The number of aliphatic imine (C=N–C) groups is 1. The van der Waals surface area contributed by atoms with Gasteiger partial charge < -0.3 is 20.3 Å². The molecule has 2 aliphatic carbocycles. The molecule has 2 aromatic rings. The largest absolute Gasteiger partial charge is 0.511 e.